The van der Waals surface area contributed by atoms with Crippen molar-refractivity contribution in [2.45, 2.75) is 19.4 Å². The number of hydrogen-bond acceptors (Lipinski definition) is 4. The average molecular weight is 510 g/mol. The van der Waals surface area contributed by atoms with E-state index in [4.69, 9.17) is 4.74 Å². The Morgan fingerprint density at radius 3 is 2.36 bits per heavy atom. The van der Waals surface area contributed by atoms with Crippen LogP contribution < -0.4 is 20.7 Å². The van der Waals surface area contributed by atoms with E-state index in [-0.39, 0.29) is 11.8 Å². The summed E-state index contributed by atoms with van der Waals surface area (Å²) in [5.74, 6) is 0.289. The first-order valence-corrected chi connectivity index (χ1v) is 11.5. The quantitative estimate of drug-likeness (QED) is 0.355. The number of benzene rings is 3. The van der Waals surface area contributed by atoms with Crippen molar-refractivity contribution in [2.75, 3.05) is 25.5 Å². The van der Waals surface area contributed by atoms with Crippen molar-refractivity contribution in [3.63, 3.8) is 0 Å². The number of carbonyl (C=O) groups is 2. The van der Waals surface area contributed by atoms with Gasteiger partial charge in [0, 0.05) is 35.2 Å². The van der Waals surface area contributed by atoms with Gasteiger partial charge in [-0.05, 0) is 61.0 Å². The number of hydrogen-bond donors (Lipinski definition) is 3. The molecule has 0 saturated carbocycles. The predicted molar refractivity (Wildman–Crippen MR) is 135 cm³/mol. The van der Waals surface area contributed by atoms with E-state index in [1.807, 2.05) is 73.7 Å². The second-order valence-corrected chi connectivity index (χ2v) is 8.59. The summed E-state index contributed by atoms with van der Waals surface area (Å²) in [6, 6.07) is 21.9. The first-order chi connectivity index (χ1) is 15.9. The number of amides is 2. The van der Waals surface area contributed by atoms with E-state index in [2.05, 4.69) is 31.9 Å². The van der Waals surface area contributed by atoms with Crippen LogP contribution in [0.4, 0.5) is 5.69 Å². The van der Waals surface area contributed by atoms with E-state index in [0.717, 1.165) is 27.0 Å². The van der Waals surface area contributed by atoms with Crippen molar-refractivity contribution < 1.29 is 14.3 Å². The van der Waals surface area contributed by atoms with Crippen LogP contribution >= 0.6 is 15.9 Å². The lowest BCUT2D eigenvalue weighted by Gasteiger charge is -2.19. The lowest BCUT2D eigenvalue weighted by Crippen LogP contribution is -2.48. The Kier molecular flexibility index (Phi) is 8.89. The van der Waals surface area contributed by atoms with Gasteiger partial charge in [0.2, 0.25) is 5.91 Å². The van der Waals surface area contributed by atoms with Gasteiger partial charge in [-0.3, -0.25) is 9.59 Å². The summed E-state index contributed by atoms with van der Waals surface area (Å²) >= 11 is 3.42. The fourth-order valence-electron chi connectivity index (χ4n) is 3.32. The molecule has 33 heavy (non-hydrogen) atoms. The molecule has 0 aliphatic carbocycles. The van der Waals surface area contributed by atoms with Crippen LogP contribution in [0.5, 0.6) is 5.75 Å². The van der Waals surface area contributed by atoms with Crippen molar-refractivity contribution in [3.8, 4) is 5.75 Å². The van der Waals surface area contributed by atoms with Gasteiger partial charge in [-0.15, -0.1) is 0 Å². The van der Waals surface area contributed by atoms with Crippen LogP contribution in [0.2, 0.25) is 0 Å². The number of methoxy groups -OCH3 is 1. The summed E-state index contributed by atoms with van der Waals surface area (Å²) in [7, 11) is 1.63. The molecule has 0 bridgehead atoms. The number of carbonyl (C=O) groups excluding carboxylic acids is 2. The monoisotopic (exact) mass is 509 g/mol. The van der Waals surface area contributed by atoms with E-state index in [1.165, 1.54) is 0 Å². The van der Waals surface area contributed by atoms with Crippen LogP contribution in [0.15, 0.2) is 77.3 Å². The van der Waals surface area contributed by atoms with Crippen molar-refractivity contribution in [1.29, 1.82) is 0 Å². The number of ether oxygens (including phenoxy) is 1. The maximum Gasteiger partial charge on any atom is 0.251 e. The molecule has 0 fully saturated rings. The molecule has 0 heterocycles. The highest BCUT2D eigenvalue weighted by Crippen LogP contribution is 2.15. The van der Waals surface area contributed by atoms with Crippen LogP contribution in [-0.4, -0.2) is 38.1 Å². The van der Waals surface area contributed by atoms with Crippen molar-refractivity contribution in [1.82, 2.24) is 10.6 Å². The number of halogens is 1. The SMILES string of the molecule is COc1ccc(NCCNC(=O)C(Cc2ccc(Br)cc2)NC(=O)c2cccc(C)c2)cc1. The zero-order chi connectivity index (χ0) is 23.6. The van der Waals surface area contributed by atoms with Crippen LogP contribution in [-0.2, 0) is 11.2 Å². The second kappa shape index (κ2) is 12.1. The highest BCUT2D eigenvalue weighted by molar-refractivity contribution is 9.10. The fourth-order valence-corrected chi connectivity index (χ4v) is 3.58. The minimum atomic E-state index is -0.694. The molecule has 3 aromatic rings. The maximum absolute atomic E-state index is 13.0. The second-order valence-electron chi connectivity index (χ2n) is 7.67. The van der Waals surface area contributed by atoms with Gasteiger partial charge in [0.15, 0.2) is 0 Å². The van der Waals surface area contributed by atoms with E-state index in [0.29, 0.717) is 25.1 Å². The van der Waals surface area contributed by atoms with Gasteiger partial charge in [0.1, 0.15) is 11.8 Å². The van der Waals surface area contributed by atoms with Gasteiger partial charge in [0.05, 0.1) is 7.11 Å². The molecule has 0 spiro atoms. The van der Waals surface area contributed by atoms with Gasteiger partial charge in [0.25, 0.3) is 5.91 Å². The summed E-state index contributed by atoms with van der Waals surface area (Å²) in [5.41, 5.74) is 3.41. The Balaban J connectivity index is 1.60. The molecule has 3 rings (SSSR count). The molecule has 7 heteroatoms. The number of nitrogens with one attached hydrogen (secondary N) is 3. The van der Waals surface area contributed by atoms with Gasteiger partial charge >= 0.3 is 0 Å². The Bertz CT molecular complexity index is 1070. The Morgan fingerprint density at radius 1 is 0.970 bits per heavy atom. The zero-order valence-corrected chi connectivity index (χ0v) is 20.3. The molecule has 2 amide bonds. The minimum absolute atomic E-state index is 0.226. The third-order valence-electron chi connectivity index (χ3n) is 5.10. The average Bonchev–Trinajstić information content (AvgIpc) is 2.83. The fraction of sp³-hybridized carbons (Fsp3) is 0.231. The van der Waals surface area contributed by atoms with Crippen molar-refractivity contribution in [2.24, 2.45) is 0 Å². The van der Waals surface area contributed by atoms with Gasteiger partial charge < -0.3 is 20.7 Å². The van der Waals surface area contributed by atoms with E-state index in [9.17, 15) is 9.59 Å². The predicted octanol–water partition coefficient (Wildman–Crippen LogP) is 4.34. The van der Waals surface area contributed by atoms with E-state index in [1.54, 1.807) is 13.2 Å². The summed E-state index contributed by atoms with van der Waals surface area (Å²) in [6.07, 6.45) is 0.391. The van der Waals surface area contributed by atoms with E-state index >= 15 is 0 Å². The first-order valence-electron chi connectivity index (χ1n) is 10.7. The molecular weight excluding hydrogens is 482 g/mol. The topological polar surface area (TPSA) is 79.5 Å². The summed E-state index contributed by atoms with van der Waals surface area (Å²) in [4.78, 5) is 25.8. The van der Waals surface area contributed by atoms with Gasteiger partial charge in [-0.1, -0.05) is 45.8 Å². The molecule has 0 radical (unpaired) electrons. The van der Waals surface area contributed by atoms with Crippen LogP contribution in [0.3, 0.4) is 0 Å². The lowest BCUT2D eigenvalue weighted by atomic mass is 10.0. The molecule has 3 N–H and O–H groups in total. The van der Waals surface area contributed by atoms with Gasteiger partial charge in [-0.25, -0.2) is 0 Å². The van der Waals surface area contributed by atoms with Crippen LogP contribution in [0.25, 0.3) is 0 Å². The molecule has 172 valence electrons. The number of aryl methyl sites for hydroxylation is 1. The van der Waals surface area contributed by atoms with E-state index < -0.39 is 6.04 Å². The molecule has 3 aromatic carbocycles. The van der Waals surface area contributed by atoms with Crippen LogP contribution in [0.1, 0.15) is 21.5 Å². The maximum atomic E-state index is 13.0. The number of rotatable bonds is 10. The lowest BCUT2D eigenvalue weighted by molar-refractivity contribution is -0.122. The Hall–Kier alpha value is -3.32. The molecule has 0 aliphatic rings. The summed E-state index contributed by atoms with van der Waals surface area (Å²) in [5, 5.41) is 9.08. The summed E-state index contributed by atoms with van der Waals surface area (Å²) < 4.78 is 6.12. The molecule has 0 aromatic heterocycles. The normalized spacial score (nSPS) is 11.4. The molecule has 6 nitrogen and oxygen atoms in total. The summed E-state index contributed by atoms with van der Waals surface area (Å²) in [6.45, 7) is 2.90. The Labute approximate surface area is 202 Å². The van der Waals surface area contributed by atoms with Crippen LogP contribution in [0, 0.1) is 6.92 Å². The molecule has 0 aliphatic heterocycles. The van der Waals surface area contributed by atoms with Crippen molar-refractivity contribution >= 4 is 33.4 Å². The smallest absolute Gasteiger partial charge is 0.251 e. The number of anilines is 1. The third-order valence-corrected chi connectivity index (χ3v) is 5.63. The largest absolute Gasteiger partial charge is 0.497 e. The highest BCUT2D eigenvalue weighted by atomic mass is 79.9. The zero-order valence-electron chi connectivity index (χ0n) is 18.7. The minimum Gasteiger partial charge on any atom is -0.497 e. The van der Waals surface area contributed by atoms with Crippen molar-refractivity contribution in [3.05, 3.63) is 94.0 Å². The highest BCUT2D eigenvalue weighted by Gasteiger charge is 2.22. The van der Waals surface area contributed by atoms with Gasteiger partial charge in [-0.2, -0.15) is 0 Å². The first kappa shape index (κ1) is 24.3. The third kappa shape index (κ3) is 7.64. The Morgan fingerprint density at radius 2 is 1.70 bits per heavy atom. The molecule has 1 atom stereocenters. The molecular formula is C26H28BrN3O3. The standard InChI is InChI=1S/C26H28BrN3O3/c1-18-4-3-5-20(16-18)25(31)30-24(17-19-6-8-21(27)9-7-19)26(32)29-15-14-28-22-10-12-23(33-2)13-11-22/h3-13,16,24,28H,14-15,17H2,1-2H3,(H,29,32)(H,30,31). The molecule has 0 saturated heterocycles. The molecule has 1 unspecified atom stereocenters.